The first-order chi connectivity index (χ1) is 9.10. The molecule has 5 nitrogen and oxygen atoms in total. The molecule has 0 saturated heterocycles. The zero-order chi connectivity index (χ0) is 13.8. The van der Waals surface area contributed by atoms with Crippen LogP contribution >= 0.6 is 11.6 Å². The van der Waals surface area contributed by atoms with E-state index in [1.54, 1.807) is 12.1 Å². The smallest absolute Gasteiger partial charge is 0.257 e. The van der Waals surface area contributed by atoms with Crippen molar-refractivity contribution in [1.29, 1.82) is 0 Å². The Morgan fingerprint density at radius 2 is 2.05 bits per heavy atom. The fourth-order valence-corrected chi connectivity index (χ4v) is 1.67. The van der Waals surface area contributed by atoms with Gasteiger partial charge in [-0.25, -0.2) is 0 Å². The summed E-state index contributed by atoms with van der Waals surface area (Å²) in [5.41, 5.74) is 0.834. The summed E-state index contributed by atoms with van der Waals surface area (Å²) in [7, 11) is 1.90. The number of hydrogen-bond donors (Lipinski definition) is 1. The van der Waals surface area contributed by atoms with E-state index in [0.717, 1.165) is 5.56 Å². The Kier molecular flexibility index (Phi) is 4.52. The molecular weight excluding hydrogens is 266 g/mol. The summed E-state index contributed by atoms with van der Waals surface area (Å²) in [5, 5.41) is 13.7. The van der Waals surface area contributed by atoms with Gasteiger partial charge in [0.15, 0.2) is 5.82 Å². The van der Waals surface area contributed by atoms with E-state index in [2.05, 4.69) is 10.1 Å². The molecule has 2 aromatic rings. The summed E-state index contributed by atoms with van der Waals surface area (Å²) < 4.78 is 5.21. The summed E-state index contributed by atoms with van der Waals surface area (Å²) >= 11 is 5.83. The number of nitrogens with zero attached hydrogens (tertiary/aromatic N) is 3. The van der Waals surface area contributed by atoms with E-state index in [1.807, 2.05) is 31.0 Å². The predicted octanol–water partition coefficient (Wildman–Crippen LogP) is 2.20. The van der Waals surface area contributed by atoms with Gasteiger partial charge in [-0.2, -0.15) is 4.98 Å². The van der Waals surface area contributed by atoms with E-state index in [0.29, 0.717) is 23.3 Å². The van der Waals surface area contributed by atoms with Crippen molar-refractivity contribution in [2.75, 3.05) is 13.7 Å². The average Bonchev–Trinajstić information content (AvgIpc) is 2.87. The van der Waals surface area contributed by atoms with Gasteiger partial charge in [-0.05, 0) is 38.2 Å². The third kappa shape index (κ3) is 3.53. The van der Waals surface area contributed by atoms with Crippen molar-refractivity contribution >= 4 is 11.6 Å². The van der Waals surface area contributed by atoms with Gasteiger partial charge in [-0.15, -0.1) is 0 Å². The molecular formula is C13H16ClN3O2. The van der Waals surface area contributed by atoms with Crippen LogP contribution in [0.4, 0.5) is 0 Å². The zero-order valence-electron chi connectivity index (χ0n) is 10.9. The zero-order valence-corrected chi connectivity index (χ0v) is 11.6. The Labute approximate surface area is 116 Å². The molecule has 19 heavy (non-hydrogen) atoms. The monoisotopic (exact) mass is 281 g/mol. The van der Waals surface area contributed by atoms with E-state index in [-0.39, 0.29) is 12.6 Å². The van der Waals surface area contributed by atoms with Crippen LogP contribution in [0, 0.1) is 0 Å². The van der Waals surface area contributed by atoms with Gasteiger partial charge in [-0.3, -0.25) is 4.90 Å². The number of hydrogen-bond acceptors (Lipinski definition) is 5. The molecule has 0 saturated carbocycles. The highest BCUT2D eigenvalue weighted by atomic mass is 35.5. The summed E-state index contributed by atoms with van der Waals surface area (Å²) in [6.45, 7) is 2.55. The van der Waals surface area contributed by atoms with Gasteiger partial charge in [0.1, 0.15) is 0 Å². The minimum Gasteiger partial charge on any atom is -0.395 e. The van der Waals surface area contributed by atoms with E-state index in [4.69, 9.17) is 21.2 Å². The first-order valence-corrected chi connectivity index (χ1v) is 6.37. The maximum atomic E-state index is 9.07. The number of rotatable bonds is 5. The molecule has 1 heterocycles. The third-order valence-electron chi connectivity index (χ3n) is 2.97. The van der Waals surface area contributed by atoms with Crippen LogP contribution in [0.15, 0.2) is 28.8 Å². The minimum atomic E-state index is 0.0532. The van der Waals surface area contributed by atoms with Crippen LogP contribution in [0.2, 0.25) is 5.02 Å². The minimum absolute atomic E-state index is 0.0532. The maximum Gasteiger partial charge on any atom is 0.257 e. The lowest BCUT2D eigenvalue weighted by atomic mass is 10.2. The summed E-state index contributed by atoms with van der Waals surface area (Å²) in [6.07, 6.45) is 0. The van der Waals surface area contributed by atoms with E-state index in [9.17, 15) is 0 Å². The van der Waals surface area contributed by atoms with Crippen LogP contribution in [0.3, 0.4) is 0 Å². The molecule has 0 spiro atoms. The molecule has 1 unspecified atom stereocenters. The average molecular weight is 282 g/mol. The summed E-state index contributed by atoms with van der Waals surface area (Å²) in [4.78, 5) is 6.28. The molecule has 0 radical (unpaired) electrons. The Balaban J connectivity index is 2.09. The molecule has 1 aromatic carbocycles. The first-order valence-electron chi connectivity index (χ1n) is 5.99. The second-order valence-corrected chi connectivity index (χ2v) is 4.91. The van der Waals surface area contributed by atoms with Gasteiger partial charge in [0.2, 0.25) is 0 Å². The molecule has 102 valence electrons. The Bertz CT molecular complexity index is 527. The molecule has 1 N–H and O–H groups in total. The molecule has 2 rings (SSSR count). The fourth-order valence-electron chi connectivity index (χ4n) is 1.55. The highest BCUT2D eigenvalue weighted by Gasteiger charge is 2.13. The number of aliphatic hydroxyl groups is 1. The Morgan fingerprint density at radius 1 is 1.37 bits per heavy atom. The van der Waals surface area contributed by atoms with E-state index in [1.165, 1.54) is 0 Å². The van der Waals surface area contributed by atoms with Gasteiger partial charge in [0, 0.05) is 16.6 Å². The Morgan fingerprint density at radius 3 is 2.68 bits per heavy atom. The number of aromatic nitrogens is 2. The van der Waals surface area contributed by atoms with Crippen molar-refractivity contribution in [2.24, 2.45) is 0 Å². The molecule has 6 heteroatoms. The number of aliphatic hydroxyl groups excluding tert-OH is 1. The third-order valence-corrected chi connectivity index (χ3v) is 3.22. The second-order valence-electron chi connectivity index (χ2n) is 4.47. The van der Waals surface area contributed by atoms with Crippen molar-refractivity contribution in [3.63, 3.8) is 0 Å². The molecule has 0 bridgehead atoms. The van der Waals surface area contributed by atoms with Crippen LogP contribution in [0.25, 0.3) is 11.5 Å². The lowest BCUT2D eigenvalue weighted by Crippen LogP contribution is -2.31. The normalized spacial score (nSPS) is 12.9. The van der Waals surface area contributed by atoms with Gasteiger partial charge in [0.25, 0.3) is 5.89 Å². The van der Waals surface area contributed by atoms with E-state index < -0.39 is 0 Å². The van der Waals surface area contributed by atoms with Crippen LogP contribution in [-0.4, -0.2) is 39.8 Å². The van der Waals surface area contributed by atoms with Gasteiger partial charge in [0.05, 0.1) is 13.2 Å². The summed E-state index contributed by atoms with van der Waals surface area (Å²) in [5.74, 6) is 1.06. The maximum absolute atomic E-state index is 9.07. The molecule has 0 aliphatic heterocycles. The molecule has 0 aliphatic rings. The summed E-state index contributed by atoms with van der Waals surface area (Å²) in [6, 6.07) is 7.28. The van der Waals surface area contributed by atoms with Crippen LogP contribution in [-0.2, 0) is 6.54 Å². The molecule has 0 amide bonds. The van der Waals surface area contributed by atoms with Gasteiger partial charge >= 0.3 is 0 Å². The van der Waals surface area contributed by atoms with Crippen molar-refractivity contribution in [3.05, 3.63) is 35.1 Å². The van der Waals surface area contributed by atoms with Crippen molar-refractivity contribution in [2.45, 2.75) is 19.5 Å². The van der Waals surface area contributed by atoms with Gasteiger partial charge in [-0.1, -0.05) is 16.8 Å². The standard InChI is InChI=1S/C13H16ClN3O2/c1-9(8-18)17(2)7-12-15-13(19-16-12)10-3-5-11(14)6-4-10/h3-6,9,18H,7-8H2,1-2H3. The highest BCUT2D eigenvalue weighted by molar-refractivity contribution is 6.30. The van der Waals surface area contributed by atoms with Crippen molar-refractivity contribution in [3.8, 4) is 11.5 Å². The second kappa shape index (κ2) is 6.14. The number of halogens is 1. The SMILES string of the molecule is CC(CO)N(C)Cc1noc(-c2ccc(Cl)cc2)n1. The fraction of sp³-hybridized carbons (Fsp3) is 0.385. The highest BCUT2D eigenvalue weighted by Crippen LogP contribution is 2.20. The quantitative estimate of drug-likeness (QED) is 0.910. The van der Waals surface area contributed by atoms with Crippen molar-refractivity contribution < 1.29 is 9.63 Å². The molecule has 0 aliphatic carbocycles. The first kappa shape index (κ1) is 14.0. The van der Waals surface area contributed by atoms with Crippen molar-refractivity contribution in [1.82, 2.24) is 15.0 Å². The molecule has 0 fully saturated rings. The van der Waals surface area contributed by atoms with Gasteiger partial charge < -0.3 is 9.63 Å². The van der Waals surface area contributed by atoms with Crippen LogP contribution in [0.1, 0.15) is 12.7 Å². The van der Waals surface area contributed by atoms with E-state index >= 15 is 0 Å². The predicted molar refractivity (Wildman–Crippen MR) is 72.8 cm³/mol. The topological polar surface area (TPSA) is 62.4 Å². The number of likely N-dealkylation sites (N-methyl/N-ethyl adjacent to an activating group) is 1. The number of benzene rings is 1. The van der Waals surface area contributed by atoms with Crippen LogP contribution in [0.5, 0.6) is 0 Å². The lowest BCUT2D eigenvalue weighted by Gasteiger charge is -2.20. The molecule has 1 aromatic heterocycles. The lowest BCUT2D eigenvalue weighted by molar-refractivity contribution is 0.150. The molecule has 1 atom stereocenters. The largest absolute Gasteiger partial charge is 0.395 e. The Hall–Kier alpha value is -1.43. The van der Waals surface area contributed by atoms with Crippen LogP contribution < -0.4 is 0 Å².